The molecule has 5 rings (SSSR count). The molecular formula is C29H40N4O5. The summed E-state index contributed by atoms with van der Waals surface area (Å²) in [7, 11) is 0. The smallest absolute Gasteiger partial charge is 0.269 e. The summed E-state index contributed by atoms with van der Waals surface area (Å²) in [5.74, 6) is 0.00590. The van der Waals surface area contributed by atoms with Crippen LogP contribution in [0, 0.1) is 5.41 Å². The monoisotopic (exact) mass is 524 g/mol. The first kappa shape index (κ1) is 26.8. The normalized spacial score (nSPS) is 20.1. The fourth-order valence-electron chi connectivity index (χ4n) is 5.97. The molecule has 206 valence electrons. The van der Waals surface area contributed by atoms with Crippen LogP contribution in [0.25, 0.3) is 0 Å². The van der Waals surface area contributed by atoms with Crippen molar-refractivity contribution in [3.05, 3.63) is 52.3 Å². The van der Waals surface area contributed by atoms with E-state index in [9.17, 15) is 14.7 Å². The largest absolute Gasteiger partial charge is 0.381 e. The zero-order chi connectivity index (χ0) is 26.5. The van der Waals surface area contributed by atoms with E-state index in [1.165, 1.54) is 6.42 Å². The molecule has 4 heterocycles. The highest BCUT2D eigenvalue weighted by Gasteiger charge is 2.39. The van der Waals surface area contributed by atoms with Gasteiger partial charge in [-0.15, -0.1) is 0 Å². The summed E-state index contributed by atoms with van der Waals surface area (Å²) in [5, 5.41) is 18.5. The van der Waals surface area contributed by atoms with Crippen molar-refractivity contribution in [1.29, 1.82) is 0 Å². The Morgan fingerprint density at radius 2 is 1.92 bits per heavy atom. The minimum atomic E-state index is -1.06. The summed E-state index contributed by atoms with van der Waals surface area (Å²) < 4.78 is 13.2. The summed E-state index contributed by atoms with van der Waals surface area (Å²) in [4.78, 5) is 27.6. The molecule has 0 saturated carbocycles. The number of piperidine rings is 1. The zero-order valence-corrected chi connectivity index (χ0v) is 22.4. The molecule has 0 radical (unpaired) electrons. The van der Waals surface area contributed by atoms with Gasteiger partial charge < -0.3 is 24.8 Å². The third-order valence-electron chi connectivity index (χ3n) is 8.30. The first-order valence-electron chi connectivity index (χ1n) is 14.1. The van der Waals surface area contributed by atoms with Gasteiger partial charge in [0.1, 0.15) is 5.69 Å². The van der Waals surface area contributed by atoms with Crippen molar-refractivity contribution in [3.63, 3.8) is 0 Å². The third-order valence-corrected chi connectivity index (χ3v) is 8.30. The minimum Gasteiger partial charge on any atom is -0.381 e. The lowest BCUT2D eigenvalue weighted by Gasteiger charge is -2.36. The number of ether oxygens (including phenoxy) is 2. The van der Waals surface area contributed by atoms with E-state index in [-0.39, 0.29) is 17.2 Å². The Balaban J connectivity index is 1.18. The molecular weight excluding hydrogens is 484 g/mol. The number of likely N-dealkylation sites (tertiary alicyclic amines) is 1. The van der Waals surface area contributed by atoms with E-state index >= 15 is 0 Å². The number of hydrogen-bond acceptors (Lipinski definition) is 6. The highest BCUT2D eigenvalue weighted by molar-refractivity contribution is 5.95. The first-order chi connectivity index (χ1) is 18.5. The van der Waals surface area contributed by atoms with Crippen molar-refractivity contribution < 1.29 is 24.2 Å². The summed E-state index contributed by atoms with van der Waals surface area (Å²) in [6.07, 6.45) is 6.27. The van der Waals surface area contributed by atoms with Crippen LogP contribution >= 0.6 is 0 Å². The number of rotatable bonds is 8. The van der Waals surface area contributed by atoms with Gasteiger partial charge in [0.15, 0.2) is 6.29 Å². The number of aromatic nitrogens is 2. The molecule has 2 saturated heterocycles. The van der Waals surface area contributed by atoms with Gasteiger partial charge >= 0.3 is 0 Å². The van der Waals surface area contributed by atoms with Crippen LogP contribution in [0.15, 0.2) is 24.3 Å². The Labute approximate surface area is 224 Å². The van der Waals surface area contributed by atoms with E-state index in [1.54, 1.807) is 24.3 Å². The van der Waals surface area contributed by atoms with Gasteiger partial charge in [0, 0.05) is 56.1 Å². The SMILES string of the molecule is CCn1nc(CCCOC(O)c2ccc(C(=O)N3CCCCC3)cc2)c2c1C(=O)NCC1(CCOCC1)C2. The molecule has 1 spiro atoms. The maximum absolute atomic E-state index is 13.0. The van der Waals surface area contributed by atoms with E-state index in [0.29, 0.717) is 49.4 Å². The molecule has 9 nitrogen and oxygen atoms in total. The van der Waals surface area contributed by atoms with Crippen LogP contribution in [-0.2, 0) is 28.9 Å². The molecule has 2 N–H and O–H groups in total. The van der Waals surface area contributed by atoms with Gasteiger partial charge in [0.2, 0.25) is 0 Å². The van der Waals surface area contributed by atoms with E-state index in [4.69, 9.17) is 14.6 Å². The standard InChI is InChI=1S/C29H40N4O5/c1-2-33-25-23(19-29(20-30-26(25)34)12-17-37-18-13-29)24(31-33)7-6-16-38-28(36)22-10-8-21(9-11-22)27(35)32-14-4-3-5-15-32/h8-11,28,36H,2-7,12-20H2,1H3,(H,30,34). The lowest BCUT2D eigenvalue weighted by atomic mass is 9.75. The second kappa shape index (κ2) is 12.0. The molecule has 0 aliphatic carbocycles. The van der Waals surface area contributed by atoms with E-state index in [0.717, 1.165) is 69.7 Å². The highest BCUT2D eigenvalue weighted by atomic mass is 16.6. The van der Waals surface area contributed by atoms with Crippen LogP contribution < -0.4 is 5.32 Å². The lowest BCUT2D eigenvalue weighted by molar-refractivity contribution is -0.103. The summed E-state index contributed by atoms with van der Waals surface area (Å²) >= 11 is 0. The molecule has 1 aromatic heterocycles. The van der Waals surface area contributed by atoms with Crippen molar-refractivity contribution in [2.24, 2.45) is 5.41 Å². The number of aliphatic hydroxyl groups excluding tert-OH is 1. The Morgan fingerprint density at radius 3 is 2.63 bits per heavy atom. The minimum absolute atomic E-state index is 0.0176. The summed E-state index contributed by atoms with van der Waals surface area (Å²) in [6.45, 7) is 6.74. The second-order valence-corrected chi connectivity index (χ2v) is 10.9. The van der Waals surface area contributed by atoms with Gasteiger partial charge in [-0.3, -0.25) is 14.3 Å². The molecule has 1 atom stereocenters. The fourth-order valence-corrected chi connectivity index (χ4v) is 5.97. The maximum atomic E-state index is 13.0. The van der Waals surface area contributed by atoms with Gasteiger partial charge in [0.25, 0.3) is 11.8 Å². The number of benzene rings is 1. The molecule has 1 unspecified atom stereocenters. The predicted molar refractivity (Wildman–Crippen MR) is 142 cm³/mol. The van der Waals surface area contributed by atoms with Gasteiger partial charge in [-0.25, -0.2) is 0 Å². The van der Waals surface area contributed by atoms with E-state index in [2.05, 4.69) is 5.32 Å². The van der Waals surface area contributed by atoms with Crippen molar-refractivity contribution in [3.8, 4) is 0 Å². The number of carbonyl (C=O) groups is 2. The summed E-state index contributed by atoms with van der Waals surface area (Å²) in [6, 6.07) is 7.05. The Hall–Kier alpha value is -2.75. The van der Waals surface area contributed by atoms with Gasteiger partial charge in [-0.1, -0.05) is 12.1 Å². The van der Waals surface area contributed by atoms with Crippen LogP contribution in [0.2, 0.25) is 0 Å². The molecule has 2 amide bonds. The topological polar surface area (TPSA) is 106 Å². The fraction of sp³-hybridized carbons (Fsp3) is 0.621. The predicted octanol–water partition coefficient (Wildman–Crippen LogP) is 3.25. The number of fused-ring (bicyclic) bond motifs is 1. The average Bonchev–Trinajstić information content (AvgIpc) is 3.24. The van der Waals surface area contributed by atoms with Crippen LogP contribution in [0.5, 0.6) is 0 Å². The van der Waals surface area contributed by atoms with Crippen molar-refractivity contribution in [2.75, 3.05) is 39.5 Å². The summed E-state index contributed by atoms with van der Waals surface area (Å²) in [5.41, 5.74) is 3.97. The number of nitrogens with zero attached hydrogens (tertiary/aromatic N) is 3. The van der Waals surface area contributed by atoms with Crippen molar-refractivity contribution >= 4 is 11.8 Å². The van der Waals surface area contributed by atoms with Gasteiger partial charge in [-0.05, 0) is 75.8 Å². The van der Waals surface area contributed by atoms with E-state index < -0.39 is 6.29 Å². The molecule has 3 aliphatic heterocycles. The molecule has 38 heavy (non-hydrogen) atoms. The number of hydrogen-bond donors (Lipinski definition) is 2. The number of nitrogens with one attached hydrogen (secondary N) is 1. The average molecular weight is 525 g/mol. The number of carbonyl (C=O) groups excluding carboxylic acids is 2. The number of aliphatic hydroxyl groups is 1. The van der Waals surface area contributed by atoms with Crippen LogP contribution in [0.3, 0.4) is 0 Å². The van der Waals surface area contributed by atoms with Crippen molar-refractivity contribution in [1.82, 2.24) is 20.0 Å². The second-order valence-electron chi connectivity index (χ2n) is 10.9. The number of amides is 2. The Kier molecular flexibility index (Phi) is 8.45. The Morgan fingerprint density at radius 1 is 1.18 bits per heavy atom. The molecule has 0 bridgehead atoms. The van der Waals surface area contributed by atoms with Gasteiger partial charge in [-0.2, -0.15) is 5.10 Å². The first-order valence-corrected chi connectivity index (χ1v) is 14.1. The molecule has 9 heteroatoms. The lowest BCUT2D eigenvalue weighted by Crippen LogP contribution is -2.40. The van der Waals surface area contributed by atoms with Crippen LogP contribution in [0.1, 0.15) is 89.4 Å². The number of aryl methyl sites for hydroxylation is 2. The van der Waals surface area contributed by atoms with Crippen LogP contribution in [-0.4, -0.2) is 71.1 Å². The van der Waals surface area contributed by atoms with Gasteiger partial charge in [0.05, 0.1) is 12.3 Å². The quantitative estimate of drug-likeness (QED) is 0.406. The molecule has 2 fully saturated rings. The molecule has 3 aliphatic rings. The third kappa shape index (κ3) is 5.80. The van der Waals surface area contributed by atoms with Crippen LogP contribution in [0.4, 0.5) is 0 Å². The highest BCUT2D eigenvalue weighted by Crippen LogP contribution is 2.38. The zero-order valence-electron chi connectivity index (χ0n) is 22.4. The van der Waals surface area contributed by atoms with E-state index in [1.807, 2.05) is 16.5 Å². The van der Waals surface area contributed by atoms with Crippen molar-refractivity contribution in [2.45, 2.75) is 71.1 Å². The Bertz CT molecular complexity index is 1120. The maximum Gasteiger partial charge on any atom is 0.269 e. The molecule has 1 aromatic carbocycles. The molecule has 2 aromatic rings.